The van der Waals surface area contributed by atoms with Crippen LogP contribution >= 0.6 is 0 Å². The van der Waals surface area contributed by atoms with E-state index in [0.717, 1.165) is 68.7 Å². The van der Waals surface area contributed by atoms with E-state index in [1.54, 1.807) is 0 Å². The van der Waals surface area contributed by atoms with Gasteiger partial charge in [-0.3, -0.25) is 19.3 Å². The van der Waals surface area contributed by atoms with Gasteiger partial charge in [0.2, 0.25) is 6.79 Å². The van der Waals surface area contributed by atoms with Gasteiger partial charge < -0.3 is 14.4 Å². The van der Waals surface area contributed by atoms with Crippen molar-refractivity contribution in [1.29, 1.82) is 0 Å². The molecule has 3 heterocycles. The summed E-state index contributed by atoms with van der Waals surface area (Å²) in [5.74, 6) is 1.48. The van der Waals surface area contributed by atoms with Crippen molar-refractivity contribution in [2.75, 3.05) is 46.1 Å². The minimum absolute atomic E-state index is 0.131. The number of imide groups is 1. The molecule has 0 spiro atoms. The first-order valence-corrected chi connectivity index (χ1v) is 11.7. The fourth-order valence-electron chi connectivity index (χ4n) is 5.91. The third-order valence-electron chi connectivity index (χ3n) is 7.58. The molecule has 2 unspecified atom stereocenters. The van der Waals surface area contributed by atoms with E-state index in [9.17, 15) is 9.59 Å². The number of amides is 2. The molecule has 32 heavy (non-hydrogen) atoms. The van der Waals surface area contributed by atoms with Gasteiger partial charge >= 0.3 is 0 Å². The summed E-state index contributed by atoms with van der Waals surface area (Å²) >= 11 is 0. The molecule has 1 saturated carbocycles. The zero-order chi connectivity index (χ0) is 21.7. The van der Waals surface area contributed by atoms with Crippen LogP contribution in [0.3, 0.4) is 0 Å². The highest BCUT2D eigenvalue weighted by atomic mass is 16.7. The van der Waals surface area contributed by atoms with Gasteiger partial charge in [0.1, 0.15) is 0 Å². The normalized spacial score (nSPS) is 31.2. The van der Waals surface area contributed by atoms with Gasteiger partial charge in [-0.15, -0.1) is 0 Å². The summed E-state index contributed by atoms with van der Waals surface area (Å²) in [7, 11) is 0. The van der Waals surface area contributed by atoms with E-state index in [-0.39, 0.29) is 35.5 Å². The lowest BCUT2D eigenvalue weighted by Gasteiger charge is -2.34. The number of allylic oxidation sites excluding steroid dienone is 2. The van der Waals surface area contributed by atoms with Crippen LogP contribution in [0.1, 0.15) is 18.4 Å². The first kappa shape index (κ1) is 20.2. The summed E-state index contributed by atoms with van der Waals surface area (Å²) in [4.78, 5) is 35.8. The molecule has 170 valence electrons. The molecular formula is C24H29N3O5. The van der Waals surface area contributed by atoms with E-state index >= 15 is 0 Å². The smallest absolute Gasteiger partial charge is 0.258 e. The Kier molecular flexibility index (Phi) is 5.16. The molecule has 3 aliphatic heterocycles. The van der Waals surface area contributed by atoms with E-state index in [4.69, 9.17) is 14.3 Å². The van der Waals surface area contributed by atoms with Crippen molar-refractivity contribution in [2.45, 2.75) is 19.4 Å². The maximum atomic E-state index is 12.6. The van der Waals surface area contributed by atoms with E-state index in [1.165, 1.54) is 5.56 Å². The van der Waals surface area contributed by atoms with Crippen molar-refractivity contribution < 1.29 is 23.9 Å². The molecule has 2 aliphatic carbocycles. The highest BCUT2D eigenvalue weighted by Crippen LogP contribution is 2.52. The highest BCUT2D eigenvalue weighted by Gasteiger charge is 2.60. The second-order valence-electron chi connectivity index (χ2n) is 9.46. The zero-order valence-corrected chi connectivity index (χ0v) is 18.2. The average molecular weight is 440 g/mol. The summed E-state index contributed by atoms with van der Waals surface area (Å²) in [6.45, 7) is 6.56. The number of rotatable bonds is 7. The Labute approximate surface area is 187 Å². The van der Waals surface area contributed by atoms with Crippen molar-refractivity contribution in [1.82, 2.24) is 14.9 Å². The molecule has 0 N–H and O–H groups in total. The quantitative estimate of drug-likeness (QED) is 0.364. The van der Waals surface area contributed by atoms with Crippen molar-refractivity contribution in [3.05, 3.63) is 35.9 Å². The number of carbonyl (C=O) groups excluding carboxylic acids is 2. The summed E-state index contributed by atoms with van der Waals surface area (Å²) < 4.78 is 10.9. The number of fused-ring (bicyclic) bond motifs is 6. The zero-order valence-electron chi connectivity index (χ0n) is 18.2. The van der Waals surface area contributed by atoms with Gasteiger partial charge in [-0.1, -0.05) is 18.2 Å². The first-order chi connectivity index (χ1) is 15.7. The topological polar surface area (TPSA) is 71.6 Å². The molecule has 0 aromatic heterocycles. The Morgan fingerprint density at radius 3 is 2.34 bits per heavy atom. The molecule has 8 heteroatoms. The molecule has 8 nitrogen and oxygen atoms in total. The number of nitrogens with zero attached hydrogens (tertiary/aromatic N) is 3. The van der Waals surface area contributed by atoms with Crippen LogP contribution in [0.4, 0.5) is 0 Å². The van der Waals surface area contributed by atoms with Crippen molar-refractivity contribution in [2.24, 2.45) is 23.7 Å². The summed E-state index contributed by atoms with van der Waals surface area (Å²) in [6.07, 6.45) is 5.96. The lowest BCUT2D eigenvalue weighted by Crippen LogP contribution is -2.46. The van der Waals surface area contributed by atoms with Crippen molar-refractivity contribution in [3.63, 3.8) is 0 Å². The number of carbonyl (C=O) groups is 2. The Morgan fingerprint density at radius 2 is 1.59 bits per heavy atom. The minimum atomic E-state index is -0.185. The molecule has 3 fully saturated rings. The number of ether oxygens (including phenoxy) is 2. The van der Waals surface area contributed by atoms with Gasteiger partial charge in [-0.05, 0) is 42.4 Å². The molecule has 1 aromatic carbocycles. The van der Waals surface area contributed by atoms with Crippen LogP contribution in [0.15, 0.2) is 30.4 Å². The van der Waals surface area contributed by atoms with E-state index in [0.29, 0.717) is 13.4 Å². The molecule has 0 radical (unpaired) electrons. The monoisotopic (exact) mass is 439 g/mol. The summed E-state index contributed by atoms with van der Waals surface area (Å²) in [5.41, 5.74) is 1.24. The molecule has 2 saturated heterocycles. The van der Waals surface area contributed by atoms with Crippen molar-refractivity contribution >= 4 is 11.8 Å². The lowest BCUT2D eigenvalue weighted by atomic mass is 9.85. The number of hydroxylamine groups is 2. The molecular weight excluding hydrogens is 410 g/mol. The largest absolute Gasteiger partial charge is 0.454 e. The summed E-state index contributed by atoms with van der Waals surface area (Å²) in [6, 6.07) is 6.16. The van der Waals surface area contributed by atoms with Crippen LogP contribution in [0.25, 0.3) is 0 Å². The first-order valence-electron chi connectivity index (χ1n) is 11.7. The predicted octanol–water partition coefficient (Wildman–Crippen LogP) is 1.66. The lowest BCUT2D eigenvalue weighted by molar-refractivity contribution is -0.190. The van der Waals surface area contributed by atoms with Gasteiger partial charge in [0.05, 0.1) is 18.4 Å². The molecule has 2 bridgehead atoms. The second kappa shape index (κ2) is 8.17. The number of benzene rings is 1. The minimum Gasteiger partial charge on any atom is -0.454 e. The van der Waals surface area contributed by atoms with E-state index in [1.807, 2.05) is 6.07 Å². The van der Waals surface area contributed by atoms with E-state index in [2.05, 4.69) is 34.1 Å². The molecule has 2 amide bonds. The summed E-state index contributed by atoms with van der Waals surface area (Å²) in [5, 5.41) is 1.07. The number of hydrogen-bond donors (Lipinski definition) is 0. The fourth-order valence-corrected chi connectivity index (χ4v) is 5.91. The van der Waals surface area contributed by atoms with Crippen LogP contribution < -0.4 is 9.47 Å². The van der Waals surface area contributed by atoms with E-state index < -0.39 is 0 Å². The van der Waals surface area contributed by atoms with Crippen LogP contribution in [0.5, 0.6) is 11.5 Å². The third kappa shape index (κ3) is 3.50. The van der Waals surface area contributed by atoms with Gasteiger partial charge in [0.15, 0.2) is 11.5 Å². The Hall–Kier alpha value is -2.42. The van der Waals surface area contributed by atoms with Gasteiger partial charge in [0.25, 0.3) is 11.8 Å². The maximum Gasteiger partial charge on any atom is 0.258 e. The molecule has 5 aliphatic rings. The molecule has 1 aromatic rings. The average Bonchev–Trinajstić information content (AvgIpc) is 3.58. The van der Waals surface area contributed by atoms with Gasteiger partial charge in [-0.2, -0.15) is 5.06 Å². The second-order valence-corrected chi connectivity index (χ2v) is 9.46. The predicted molar refractivity (Wildman–Crippen MR) is 114 cm³/mol. The standard InChI is InChI=1S/C24H29N3O5/c28-23-21-17-3-4-18(13-17)22(21)24(29)27(23)32-11-1-6-25-7-9-26(10-8-25)14-16-2-5-19-20(12-16)31-15-30-19/h2-5,12,17-18,21-22H,1,6-11,13-15H2/t17-,18+,21?,22?. The number of piperazine rings is 1. The van der Waals surface area contributed by atoms with Crippen LogP contribution in [-0.2, 0) is 21.0 Å². The van der Waals surface area contributed by atoms with Crippen LogP contribution in [0, 0.1) is 23.7 Å². The van der Waals surface area contributed by atoms with Crippen LogP contribution in [-0.4, -0.2) is 72.8 Å². The maximum absolute atomic E-state index is 12.6. The Morgan fingerprint density at radius 1 is 0.906 bits per heavy atom. The van der Waals surface area contributed by atoms with Gasteiger partial charge in [-0.25, -0.2) is 0 Å². The van der Waals surface area contributed by atoms with Gasteiger partial charge in [0, 0.05) is 39.3 Å². The SMILES string of the molecule is O=C1C2C(C(=O)N1OCCCN1CCN(Cc3ccc4c(c3)OCO4)CC1)[C@H]1C=C[C@@H]2C1. The fraction of sp³-hybridized carbons (Fsp3) is 0.583. The number of hydrogen-bond acceptors (Lipinski definition) is 7. The van der Waals surface area contributed by atoms with Crippen LogP contribution in [0.2, 0.25) is 0 Å². The highest BCUT2D eigenvalue weighted by molar-refractivity contribution is 6.05. The third-order valence-corrected chi connectivity index (χ3v) is 7.58. The Bertz CT molecular complexity index is 912. The Balaban J connectivity index is 0.918. The molecule has 6 rings (SSSR count). The van der Waals surface area contributed by atoms with Crippen molar-refractivity contribution in [3.8, 4) is 11.5 Å². The molecule has 4 atom stereocenters.